The molecule has 1 amide bonds. The Hall–Kier alpha value is -2.14. The molecule has 5 nitrogen and oxygen atoms in total. The van der Waals surface area contributed by atoms with Gasteiger partial charge in [-0.15, -0.1) is 0 Å². The van der Waals surface area contributed by atoms with Gasteiger partial charge in [-0.25, -0.2) is 4.98 Å². The summed E-state index contributed by atoms with van der Waals surface area (Å²) in [6.07, 6.45) is 1.45. The molecule has 0 aliphatic carbocycles. The van der Waals surface area contributed by atoms with E-state index in [9.17, 15) is 4.79 Å². The second-order valence-corrected chi connectivity index (χ2v) is 9.59. The molecular weight excluding hydrogens is 362 g/mol. The minimum Gasteiger partial charge on any atom is -0.447 e. The molecule has 1 aromatic carbocycles. The fraction of sp³-hybridized carbons (Fsp3) is 0.583. The van der Waals surface area contributed by atoms with Gasteiger partial charge in [-0.1, -0.05) is 58.9 Å². The molecule has 1 heterocycles. The van der Waals surface area contributed by atoms with Gasteiger partial charge in [0.15, 0.2) is 5.69 Å². The van der Waals surface area contributed by atoms with Crippen LogP contribution in [0.3, 0.4) is 0 Å². The lowest BCUT2D eigenvalue weighted by Crippen LogP contribution is -2.36. The van der Waals surface area contributed by atoms with Crippen molar-refractivity contribution < 1.29 is 9.21 Å². The molecule has 2 rings (SSSR count). The lowest BCUT2D eigenvalue weighted by Gasteiger charge is -2.31. The average molecular weight is 400 g/mol. The molecule has 0 bridgehead atoms. The third kappa shape index (κ3) is 6.70. The monoisotopic (exact) mass is 399 g/mol. The number of oxazole rings is 1. The van der Waals surface area contributed by atoms with Crippen LogP contribution in [0.25, 0.3) is 0 Å². The molecule has 0 saturated carbocycles. The molecule has 29 heavy (non-hydrogen) atoms. The zero-order valence-electron chi connectivity index (χ0n) is 19.2. The van der Waals surface area contributed by atoms with Gasteiger partial charge in [-0.05, 0) is 43.2 Å². The summed E-state index contributed by atoms with van der Waals surface area (Å²) in [6.45, 7) is 18.6. The highest BCUT2D eigenvalue weighted by atomic mass is 16.3. The Kier molecular flexibility index (Phi) is 7.64. The maximum absolute atomic E-state index is 12.2. The van der Waals surface area contributed by atoms with Crippen LogP contribution < -0.4 is 5.32 Å². The van der Waals surface area contributed by atoms with Crippen LogP contribution in [0.1, 0.15) is 82.9 Å². The van der Waals surface area contributed by atoms with E-state index in [1.807, 2.05) is 13.8 Å². The Labute approximate surface area is 175 Å². The number of aromatic nitrogens is 1. The molecule has 160 valence electrons. The summed E-state index contributed by atoms with van der Waals surface area (Å²) in [6, 6.07) is 9.25. The minimum atomic E-state index is -0.198. The maximum atomic E-state index is 12.2. The summed E-state index contributed by atoms with van der Waals surface area (Å²) in [5.74, 6) is 0.858. The fourth-order valence-electron chi connectivity index (χ4n) is 3.11. The number of carbonyl (C=O) groups excluding carboxylic acids is 1. The van der Waals surface area contributed by atoms with Crippen molar-refractivity contribution in [3.63, 3.8) is 0 Å². The first kappa shape index (κ1) is 23.1. The van der Waals surface area contributed by atoms with Crippen molar-refractivity contribution in [2.75, 3.05) is 0 Å². The van der Waals surface area contributed by atoms with Gasteiger partial charge < -0.3 is 9.73 Å². The van der Waals surface area contributed by atoms with Gasteiger partial charge in [0.1, 0.15) is 6.26 Å². The zero-order valence-corrected chi connectivity index (χ0v) is 19.2. The maximum Gasteiger partial charge on any atom is 0.273 e. The molecule has 1 atom stereocenters. The summed E-state index contributed by atoms with van der Waals surface area (Å²) in [5, 5.41) is 2.85. The van der Waals surface area contributed by atoms with Gasteiger partial charge in [0.25, 0.3) is 5.91 Å². The van der Waals surface area contributed by atoms with Crippen molar-refractivity contribution in [3.8, 4) is 0 Å². The highest BCUT2D eigenvalue weighted by Crippen LogP contribution is 2.24. The van der Waals surface area contributed by atoms with Crippen LogP contribution in [-0.2, 0) is 18.5 Å². The third-order valence-corrected chi connectivity index (χ3v) is 5.29. The second-order valence-electron chi connectivity index (χ2n) is 9.59. The van der Waals surface area contributed by atoms with Gasteiger partial charge in [0, 0.05) is 18.6 Å². The predicted octanol–water partition coefficient (Wildman–Crippen LogP) is 5.16. The summed E-state index contributed by atoms with van der Waals surface area (Å²) in [7, 11) is 0. The number of benzene rings is 1. The van der Waals surface area contributed by atoms with E-state index in [1.54, 1.807) is 0 Å². The molecule has 1 N–H and O–H groups in total. The van der Waals surface area contributed by atoms with E-state index in [4.69, 9.17) is 4.42 Å². The van der Waals surface area contributed by atoms with E-state index in [-0.39, 0.29) is 17.4 Å². The standard InChI is InChI=1S/C24H37N3O2/c1-16(2)18(5)27(13-19-9-11-20(12-10-19)24(6,7)8)14-22-26-21(15-29-22)23(28)25-17(3)4/h9-12,15-18H,13-14H2,1-8H3,(H,25,28). The first-order valence-corrected chi connectivity index (χ1v) is 10.6. The molecule has 5 heteroatoms. The van der Waals surface area contributed by atoms with Crippen LogP contribution in [0.5, 0.6) is 0 Å². The Balaban J connectivity index is 2.15. The molecule has 0 spiro atoms. The molecule has 1 unspecified atom stereocenters. The highest BCUT2D eigenvalue weighted by molar-refractivity contribution is 5.92. The molecule has 0 aliphatic rings. The number of rotatable bonds is 8. The van der Waals surface area contributed by atoms with Crippen molar-refractivity contribution >= 4 is 5.91 Å². The van der Waals surface area contributed by atoms with Crippen LogP contribution in [0.4, 0.5) is 0 Å². The largest absolute Gasteiger partial charge is 0.447 e. The molecule has 2 aromatic rings. The average Bonchev–Trinajstić information content (AvgIpc) is 3.08. The van der Waals surface area contributed by atoms with E-state index in [0.29, 0.717) is 30.1 Å². The Morgan fingerprint density at radius 3 is 2.21 bits per heavy atom. The van der Waals surface area contributed by atoms with Crippen molar-refractivity contribution in [2.45, 2.75) is 86.0 Å². The molecule has 0 saturated heterocycles. The fourth-order valence-corrected chi connectivity index (χ4v) is 3.11. The summed E-state index contributed by atoms with van der Waals surface area (Å²) in [5.41, 5.74) is 3.07. The molecule has 0 radical (unpaired) electrons. The predicted molar refractivity (Wildman–Crippen MR) is 118 cm³/mol. The molecular formula is C24H37N3O2. The lowest BCUT2D eigenvalue weighted by molar-refractivity contribution is 0.0937. The van der Waals surface area contributed by atoms with Crippen LogP contribution in [-0.4, -0.2) is 27.9 Å². The molecule has 0 aliphatic heterocycles. The third-order valence-electron chi connectivity index (χ3n) is 5.29. The van der Waals surface area contributed by atoms with Crippen LogP contribution in [0.2, 0.25) is 0 Å². The highest BCUT2D eigenvalue weighted by Gasteiger charge is 2.22. The topological polar surface area (TPSA) is 58.4 Å². The quantitative estimate of drug-likeness (QED) is 0.666. The van der Waals surface area contributed by atoms with Crippen molar-refractivity contribution in [3.05, 3.63) is 53.2 Å². The van der Waals surface area contributed by atoms with Crippen LogP contribution in [0, 0.1) is 5.92 Å². The summed E-state index contributed by atoms with van der Waals surface area (Å²) in [4.78, 5) is 18.9. The van der Waals surface area contributed by atoms with Gasteiger partial charge in [0.2, 0.25) is 5.89 Å². The Morgan fingerprint density at radius 1 is 1.07 bits per heavy atom. The first-order chi connectivity index (χ1) is 13.5. The Morgan fingerprint density at radius 2 is 1.69 bits per heavy atom. The van der Waals surface area contributed by atoms with Crippen molar-refractivity contribution in [2.24, 2.45) is 5.92 Å². The number of hydrogen-bond donors (Lipinski definition) is 1. The number of hydrogen-bond acceptors (Lipinski definition) is 4. The van der Waals surface area contributed by atoms with Crippen molar-refractivity contribution in [1.82, 2.24) is 15.2 Å². The zero-order chi connectivity index (χ0) is 21.8. The van der Waals surface area contributed by atoms with Gasteiger partial charge >= 0.3 is 0 Å². The van der Waals surface area contributed by atoms with Gasteiger partial charge in [0.05, 0.1) is 6.54 Å². The second kappa shape index (κ2) is 9.57. The van der Waals surface area contributed by atoms with E-state index in [2.05, 4.69) is 81.0 Å². The number of nitrogens with one attached hydrogen (secondary N) is 1. The van der Waals surface area contributed by atoms with Crippen LogP contribution >= 0.6 is 0 Å². The van der Waals surface area contributed by atoms with Crippen LogP contribution in [0.15, 0.2) is 34.9 Å². The van der Waals surface area contributed by atoms with E-state index >= 15 is 0 Å². The van der Waals surface area contributed by atoms with E-state index in [1.165, 1.54) is 17.4 Å². The van der Waals surface area contributed by atoms with Crippen molar-refractivity contribution in [1.29, 1.82) is 0 Å². The first-order valence-electron chi connectivity index (χ1n) is 10.6. The summed E-state index contributed by atoms with van der Waals surface area (Å²) >= 11 is 0. The van der Waals surface area contributed by atoms with Gasteiger partial charge in [-0.3, -0.25) is 9.69 Å². The number of carbonyl (C=O) groups is 1. The number of amides is 1. The number of nitrogens with zero attached hydrogens (tertiary/aromatic N) is 2. The smallest absolute Gasteiger partial charge is 0.273 e. The normalized spacial score (nSPS) is 13.3. The lowest BCUT2D eigenvalue weighted by atomic mass is 9.86. The summed E-state index contributed by atoms with van der Waals surface area (Å²) < 4.78 is 5.62. The minimum absolute atomic E-state index is 0.0659. The van der Waals surface area contributed by atoms with E-state index in [0.717, 1.165) is 6.54 Å². The SMILES string of the molecule is CC(C)NC(=O)c1coc(CN(Cc2ccc(C(C)(C)C)cc2)C(C)C(C)C)n1. The van der Waals surface area contributed by atoms with E-state index < -0.39 is 0 Å². The Bertz CT molecular complexity index is 785. The van der Waals surface area contributed by atoms with Gasteiger partial charge in [-0.2, -0.15) is 0 Å². The molecule has 1 aromatic heterocycles. The molecule has 0 fully saturated rings.